The summed E-state index contributed by atoms with van der Waals surface area (Å²) in [6.45, 7) is 2.80. The van der Waals surface area contributed by atoms with Gasteiger partial charge in [0.25, 0.3) is 0 Å². The van der Waals surface area contributed by atoms with E-state index in [1.54, 1.807) is 6.07 Å². The Hall–Kier alpha value is -4.05. The van der Waals surface area contributed by atoms with E-state index in [9.17, 15) is 4.79 Å². The maximum absolute atomic E-state index is 12.2. The molecular formula is C28H24N2O2. The van der Waals surface area contributed by atoms with Crippen LogP contribution >= 0.6 is 0 Å². The summed E-state index contributed by atoms with van der Waals surface area (Å²) in [5.74, 6) is 1.19. The van der Waals surface area contributed by atoms with Crippen LogP contribution in [0.3, 0.4) is 0 Å². The van der Waals surface area contributed by atoms with Crippen molar-refractivity contribution < 1.29 is 9.53 Å². The molecule has 0 radical (unpaired) electrons. The van der Waals surface area contributed by atoms with Crippen LogP contribution in [0.25, 0.3) is 21.8 Å². The Kier molecular flexibility index (Phi) is 5.12. The van der Waals surface area contributed by atoms with Crippen molar-refractivity contribution in [1.82, 2.24) is 4.57 Å². The Bertz CT molecular complexity index is 1430. The van der Waals surface area contributed by atoms with Crippen molar-refractivity contribution in [2.24, 2.45) is 5.73 Å². The fourth-order valence-corrected chi connectivity index (χ4v) is 4.30. The van der Waals surface area contributed by atoms with Crippen LogP contribution < -0.4 is 10.5 Å². The van der Waals surface area contributed by atoms with Gasteiger partial charge in [-0.05, 0) is 60.0 Å². The molecule has 1 aromatic heterocycles. The third kappa shape index (κ3) is 3.60. The van der Waals surface area contributed by atoms with Crippen LogP contribution in [-0.4, -0.2) is 10.5 Å². The lowest BCUT2D eigenvalue weighted by molar-refractivity contribution is 0.100. The number of amides is 1. The molecule has 0 aliphatic rings. The summed E-state index contributed by atoms with van der Waals surface area (Å²) < 4.78 is 8.29. The lowest BCUT2D eigenvalue weighted by Gasteiger charge is -2.11. The number of ether oxygens (including phenoxy) is 1. The minimum absolute atomic E-state index is 0.410. The van der Waals surface area contributed by atoms with Crippen molar-refractivity contribution in [3.8, 4) is 11.5 Å². The minimum Gasteiger partial charge on any atom is -0.457 e. The second-order valence-corrected chi connectivity index (χ2v) is 7.92. The number of fused-ring (bicyclic) bond motifs is 3. The highest BCUT2D eigenvalue weighted by atomic mass is 16.5. The molecular weight excluding hydrogens is 396 g/mol. The van der Waals surface area contributed by atoms with Crippen molar-refractivity contribution >= 4 is 27.7 Å². The van der Waals surface area contributed by atoms with Gasteiger partial charge in [0.1, 0.15) is 11.5 Å². The SMILES string of the molecule is CCc1ccc2c3c(C(N)=O)cccc3n(Cc3cccc(Oc4ccccc4)c3)c2c1. The van der Waals surface area contributed by atoms with Gasteiger partial charge < -0.3 is 15.0 Å². The van der Waals surface area contributed by atoms with Gasteiger partial charge in [-0.1, -0.05) is 55.5 Å². The summed E-state index contributed by atoms with van der Waals surface area (Å²) in [5.41, 5.74) is 10.7. The lowest BCUT2D eigenvalue weighted by atomic mass is 10.0. The monoisotopic (exact) mass is 420 g/mol. The molecule has 4 nitrogen and oxygen atoms in total. The van der Waals surface area contributed by atoms with Crippen molar-refractivity contribution in [2.75, 3.05) is 0 Å². The standard InChI is InChI=1S/C28H24N2O2/c1-2-19-14-15-23-26(17-19)30(25-13-7-12-24(27(23)25)28(29)31)18-20-8-6-11-22(16-20)32-21-9-4-3-5-10-21/h3-17H,2,18H2,1H3,(H2,29,31). The van der Waals surface area contributed by atoms with Gasteiger partial charge in [0.05, 0.1) is 5.52 Å². The van der Waals surface area contributed by atoms with Gasteiger partial charge in [-0.3, -0.25) is 4.79 Å². The van der Waals surface area contributed by atoms with E-state index in [4.69, 9.17) is 10.5 Å². The second-order valence-electron chi connectivity index (χ2n) is 7.92. The number of aromatic nitrogens is 1. The van der Waals surface area contributed by atoms with E-state index in [1.165, 1.54) is 5.56 Å². The first kappa shape index (κ1) is 19.9. The maximum Gasteiger partial charge on any atom is 0.249 e. The molecule has 0 atom stereocenters. The zero-order valence-corrected chi connectivity index (χ0v) is 17.9. The van der Waals surface area contributed by atoms with Crippen molar-refractivity contribution in [3.05, 3.63) is 108 Å². The minimum atomic E-state index is -0.410. The summed E-state index contributed by atoms with van der Waals surface area (Å²) in [5, 5.41) is 1.96. The van der Waals surface area contributed by atoms with E-state index in [2.05, 4.69) is 47.9 Å². The number of nitrogens with zero attached hydrogens (tertiary/aromatic N) is 1. The summed E-state index contributed by atoms with van der Waals surface area (Å²) in [6, 6.07) is 30.1. The van der Waals surface area contributed by atoms with Crippen LogP contribution in [0.5, 0.6) is 11.5 Å². The fraction of sp³-hybridized carbons (Fsp3) is 0.107. The Morgan fingerprint density at radius 1 is 0.812 bits per heavy atom. The fourth-order valence-electron chi connectivity index (χ4n) is 4.30. The van der Waals surface area contributed by atoms with Crippen LogP contribution in [0.1, 0.15) is 28.4 Å². The zero-order chi connectivity index (χ0) is 22.1. The number of primary amides is 1. The summed E-state index contributed by atoms with van der Waals surface area (Å²) in [4.78, 5) is 12.2. The molecule has 0 bridgehead atoms. The normalized spacial score (nSPS) is 11.2. The highest BCUT2D eigenvalue weighted by Gasteiger charge is 2.17. The van der Waals surface area contributed by atoms with E-state index in [0.29, 0.717) is 12.1 Å². The number of carbonyl (C=O) groups is 1. The van der Waals surface area contributed by atoms with Gasteiger partial charge in [0.2, 0.25) is 5.91 Å². The molecule has 0 saturated heterocycles. The van der Waals surface area contributed by atoms with Crippen molar-refractivity contribution in [3.63, 3.8) is 0 Å². The third-order valence-corrected chi connectivity index (χ3v) is 5.85. The Morgan fingerprint density at radius 2 is 1.59 bits per heavy atom. The summed E-state index contributed by atoms with van der Waals surface area (Å²) in [7, 11) is 0. The molecule has 2 N–H and O–H groups in total. The number of benzene rings is 4. The number of para-hydroxylation sites is 1. The molecule has 158 valence electrons. The quantitative estimate of drug-likeness (QED) is 0.351. The van der Waals surface area contributed by atoms with Gasteiger partial charge >= 0.3 is 0 Å². The predicted octanol–water partition coefficient (Wildman–Crippen LogP) is 6.30. The average molecular weight is 421 g/mol. The Morgan fingerprint density at radius 3 is 2.38 bits per heavy atom. The second kappa shape index (κ2) is 8.23. The number of hydrogen-bond acceptors (Lipinski definition) is 2. The highest BCUT2D eigenvalue weighted by Crippen LogP contribution is 2.33. The highest BCUT2D eigenvalue weighted by molar-refractivity contribution is 6.18. The molecule has 4 heteroatoms. The van der Waals surface area contributed by atoms with Gasteiger partial charge in [0.15, 0.2) is 0 Å². The number of rotatable bonds is 6. The van der Waals surface area contributed by atoms with Gasteiger partial charge in [-0.2, -0.15) is 0 Å². The molecule has 4 aromatic carbocycles. The van der Waals surface area contributed by atoms with Gasteiger partial charge in [-0.25, -0.2) is 0 Å². The smallest absolute Gasteiger partial charge is 0.249 e. The molecule has 0 unspecified atom stereocenters. The van der Waals surface area contributed by atoms with Crippen LogP contribution in [0.15, 0.2) is 91.0 Å². The van der Waals surface area contributed by atoms with E-state index in [1.807, 2.05) is 48.5 Å². The number of carbonyl (C=O) groups excluding carboxylic acids is 1. The van der Waals surface area contributed by atoms with Crippen LogP contribution in [0, 0.1) is 0 Å². The third-order valence-electron chi connectivity index (χ3n) is 5.85. The van der Waals surface area contributed by atoms with Crippen molar-refractivity contribution in [2.45, 2.75) is 19.9 Å². The predicted molar refractivity (Wildman–Crippen MR) is 129 cm³/mol. The molecule has 0 aliphatic carbocycles. The van der Waals surface area contributed by atoms with E-state index in [0.717, 1.165) is 45.3 Å². The van der Waals surface area contributed by atoms with Crippen LogP contribution in [0.2, 0.25) is 0 Å². The molecule has 0 spiro atoms. The largest absolute Gasteiger partial charge is 0.457 e. The van der Waals surface area contributed by atoms with E-state index < -0.39 is 5.91 Å². The Labute approximate surface area is 186 Å². The summed E-state index contributed by atoms with van der Waals surface area (Å²) >= 11 is 0. The van der Waals surface area contributed by atoms with Crippen LogP contribution in [-0.2, 0) is 13.0 Å². The van der Waals surface area contributed by atoms with Gasteiger partial charge in [-0.15, -0.1) is 0 Å². The first-order valence-corrected chi connectivity index (χ1v) is 10.8. The molecule has 0 fully saturated rings. The molecule has 0 saturated carbocycles. The summed E-state index contributed by atoms with van der Waals surface area (Å²) in [6.07, 6.45) is 0.945. The molecule has 1 amide bonds. The van der Waals surface area contributed by atoms with E-state index in [-0.39, 0.29) is 0 Å². The lowest BCUT2D eigenvalue weighted by Crippen LogP contribution is -2.11. The first-order chi connectivity index (χ1) is 15.6. The molecule has 0 aliphatic heterocycles. The van der Waals surface area contributed by atoms with E-state index >= 15 is 0 Å². The Balaban J connectivity index is 1.63. The topological polar surface area (TPSA) is 57.2 Å². The van der Waals surface area contributed by atoms with Crippen molar-refractivity contribution in [1.29, 1.82) is 0 Å². The van der Waals surface area contributed by atoms with Gasteiger partial charge in [0, 0.05) is 28.4 Å². The maximum atomic E-state index is 12.2. The zero-order valence-electron chi connectivity index (χ0n) is 17.9. The first-order valence-electron chi connectivity index (χ1n) is 10.8. The average Bonchev–Trinajstić information content (AvgIpc) is 3.13. The number of hydrogen-bond donors (Lipinski definition) is 1. The molecule has 5 rings (SSSR count). The number of nitrogens with two attached hydrogens (primary N) is 1. The molecule has 1 heterocycles. The molecule has 32 heavy (non-hydrogen) atoms. The number of aryl methyl sites for hydroxylation is 1. The van der Waals surface area contributed by atoms with Crippen LogP contribution in [0.4, 0.5) is 0 Å². The molecule has 5 aromatic rings.